The molecule has 2 rings (SSSR count). The minimum atomic E-state index is -0.155. The second kappa shape index (κ2) is 11.3. The van der Waals surface area contributed by atoms with Crippen LogP contribution in [0.3, 0.4) is 0 Å². The number of nitrogens with one attached hydrogen (secondary N) is 2. The molecule has 0 saturated carbocycles. The molecule has 148 valence electrons. The fourth-order valence-corrected chi connectivity index (χ4v) is 4.19. The van der Waals surface area contributed by atoms with Gasteiger partial charge < -0.3 is 15.5 Å². The summed E-state index contributed by atoms with van der Waals surface area (Å²) < 4.78 is 14.2. The van der Waals surface area contributed by atoms with E-state index in [0.717, 1.165) is 24.6 Å². The maximum atomic E-state index is 13.9. The van der Waals surface area contributed by atoms with Gasteiger partial charge in [0.1, 0.15) is 5.82 Å². The van der Waals surface area contributed by atoms with Gasteiger partial charge >= 0.3 is 0 Å². The van der Waals surface area contributed by atoms with E-state index in [1.54, 1.807) is 6.07 Å². The third-order valence-electron chi connectivity index (χ3n) is 4.29. The van der Waals surface area contributed by atoms with Gasteiger partial charge in [0.2, 0.25) is 0 Å². The lowest BCUT2D eigenvalue weighted by Crippen LogP contribution is -2.43. The van der Waals surface area contributed by atoms with E-state index in [1.807, 2.05) is 42.9 Å². The van der Waals surface area contributed by atoms with Crippen LogP contribution in [0.4, 0.5) is 4.39 Å². The summed E-state index contributed by atoms with van der Waals surface area (Å²) in [4.78, 5) is 6.64. The van der Waals surface area contributed by atoms with Gasteiger partial charge in [-0.25, -0.2) is 9.38 Å². The largest absolute Gasteiger partial charge is 0.357 e. The molecule has 1 saturated heterocycles. The third kappa shape index (κ3) is 7.60. The Bertz CT molecular complexity index is 589. The van der Waals surface area contributed by atoms with Crippen LogP contribution in [0.5, 0.6) is 0 Å². The minimum absolute atomic E-state index is 0. The van der Waals surface area contributed by atoms with Gasteiger partial charge in [-0.05, 0) is 64.2 Å². The van der Waals surface area contributed by atoms with E-state index < -0.39 is 0 Å². The number of hydrogen-bond donors (Lipinski definition) is 2. The topological polar surface area (TPSA) is 39.7 Å². The molecule has 1 fully saturated rings. The van der Waals surface area contributed by atoms with Gasteiger partial charge in [-0.3, -0.25) is 0 Å². The molecule has 4 nitrogen and oxygen atoms in total. The van der Waals surface area contributed by atoms with Crippen LogP contribution >= 0.6 is 35.7 Å². The molecular formula is C19H32FIN4S. The zero-order valence-electron chi connectivity index (χ0n) is 16.3. The molecule has 1 aromatic carbocycles. The van der Waals surface area contributed by atoms with E-state index in [0.29, 0.717) is 23.4 Å². The molecule has 0 bridgehead atoms. The van der Waals surface area contributed by atoms with Gasteiger partial charge in [-0.2, -0.15) is 11.8 Å². The zero-order valence-corrected chi connectivity index (χ0v) is 19.4. The number of nitrogens with zero attached hydrogens (tertiary/aromatic N) is 2. The quantitative estimate of drug-likeness (QED) is 0.343. The van der Waals surface area contributed by atoms with Crippen molar-refractivity contribution in [3.05, 3.63) is 35.1 Å². The van der Waals surface area contributed by atoms with Crippen molar-refractivity contribution in [3.63, 3.8) is 0 Å². The Morgan fingerprint density at radius 2 is 2.12 bits per heavy atom. The average molecular weight is 494 g/mol. The Balaban J connectivity index is 0.00000338. The molecule has 7 heteroatoms. The summed E-state index contributed by atoms with van der Waals surface area (Å²) in [6.07, 6.45) is 2.54. The Morgan fingerprint density at radius 1 is 1.35 bits per heavy atom. The van der Waals surface area contributed by atoms with Crippen LogP contribution in [-0.2, 0) is 13.1 Å². The lowest BCUT2D eigenvalue weighted by molar-refractivity contribution is 0.392. The van der Waals surface area contributed by atoms with Crippen molar-refractivity contribution in [2.24, 2.45) is 4.99 Å². The van der Waals surface area contributed by atoms with Gasteiger partial charge in [-0.1, -0.05) is 6.07 Å². The summed E-state index contributed by atoms with van der Waals surface area (Å²) >= 11 is 2.04. The summed E-state index contributed by atoms with van der Waals surface area (Å²) in [6.45, 7) is 7.26. The van der Waals surface area contributed by atoms with Crippen LogP contribution in [0, 0.1) is 5.82 Å². The van der Waals surface area contributed by atoms with Gasteiger partial charge in [0.15, 0.2) is 5.96 Å². The molecule has 1 aromatic rings. The lowest BCUT2D eigenvalue weighted by Gasteiger charge is -2.24. The smallest absolute Gasteiger partial charge is 0.191 e. The van der Waals surface area contributed by atoms with Crippen molar-refractivity contribution in [3.8, 4) is 0 Å². The SMILES string of the molecule is CCNC(=NCc1ccc(F)c(CN(C)C)c1)NCC1(C)CCCS1.I. The van der Waals surface area contributed by atoms with E-state index in [4.69, 9.17) is 0 Å². The molecule has 1 unspecified atom stereocenters. The van der Waals surface area contributed by atoms with Crippen molar-refractivity contribution in [1.82, 2.24) is 15.5 Å². The number of aliphatic imine (C=N–C) groups is 1. The van der Waals surface area contributed by atoms with E-state index in [-0.39, 0.29) is 29.8 Å². The maximum Gasteiger partial charge on any atom is 0.191 e. The summed E-state index contributed by atoms with van der Waals surface area (Å²) in [5.74, 6) is 1.92. The molecule has 0 amide bonds. The minimum Gasteiger partial charge on any atom is -0.357 e. The highest BCUT2D eigenvalue weighted by Crippen LogP contribution is 2.36. The Kier molecular flexibility index (Phi) is 10.2. The molecule has 1 atom stereocenters. The average Bonchev–Trinajstić information content (AvgIpc) is 2.99. The molecular weight excluding hydrogens is 462 g/mol. The lowest BCUT2D eigenvalue weighted by atomic mass is 10.1. The summed E-state index contributed by atoms with van der Waals surface area (Å²) in [6, 6.07) is 5.27. The maximum absolute atomic E-state index is 13.9. The molecule has 0 spiro atoms. The number of hydrogen-bond acceptors (Lipinski definition) is 3. The first-order valence-electron chi connectivity index (χ1n) is 9.00. The van der Waals surface area contributed by atoms with Crippen LogP contribution in [0.1, 0.15) is 37.8 Å². The monoisotopic (exact) mass is 494 g/mol. The second-order valence-corrected chi connectivity index (χ2v) is 8.80. The predicted octanol–water partition coefficient (Wildman–Crippen LogP) is 3.85. The van der Waals surface area contributed by atoms with Gasteiger partial charge in [0.25, 0.3) is 0 Å². The number of benzene rings is 1. The fraction of sp³-hybridized carbons (Fsp3) is 0.632. The normalized spacial score (nSPS) is 20.2. The summed E-state index contributed by atoms with van der Waals surface area (Å²) in [7, 11) is 3.89. The first kappa shape index (κ1) is 23.5. The van der Waals surface area contributed by atoms with Crippen LogP contribution in [0.2, 0.25) is 0 Å². The number of halogens is 2. The molecule has 26 heavy (non-hydrogen) atoms. The first-order chi connectivity index (χ1) is 11.9. The Labute approximate surface area is 178 Å². The van der Waals surface area contributed by atoms with Crippen molar-refractivity contribution in [2.45, 2.75) is 44.5 Å². The number of guanidine groups is 1. The van der Waals surface area contributed by atoms with E-state index in [1.165, 1.54) is 18.6 Å². The van der Waals surface area contributed by atoms with E-state index >= 15 is 0 Å². The third-order valence-corrected chi connectivity index (χ3v) is 5.83. The molecule has 0 aliphatic carbocycles. The Morgan fingerprint density at radius 3 is 2.73 bits per heavy atom. The highest BCUT2D eigenvalue weighted by Gasteiger charge is 2.29. The van der Waals surface area contributed by atoms with Crippen LogP contribution < -0.4 is 10.6 Å². The van der Waals surface area contributed by atoms with E-state index in [9.17, 15) is 4.39 Å². The molecule has 0 radical (unpaired) electrons. The number of thioether (sulfide) groups is 1. The summed E-state index contributed by atoms with van der Waals surface area (Å²) in [5, 5.41) is 6.77. The van der Waals surface area contributed by atoms with Crippen molar-refractivity contribution < 1.29 is 4.39 Å². The zero-order chi connectivity index (χ0) is 18.3. The van der Waals surface area contributed by atoms with Crippen LogP contribution in [-0.4, -0.2) is 48.5 Å². The van der Waals surface area contributed by atoms with Crippen molar-refractivity contribution in [2.75, 3.05) is 32.9 Å². The second-order valence-electron chi connectivity index (χ2n) is 7.11. The predicted molar refractivity (Wildman–Crippen MR) is 122 cm³/mol. The standard InChI is InChI=1S/C19H31FN4S.HI/c1-5-21-18(23-14-19(2)9-6-10-25-19)22-12-15-7-8-17(20)16(11-15)13-24(3)4;/h7-8,11H,5-6,9-10,12-14H2,1-4H3,(H2,21,22,23);1H. The molecule has 1 aliphatic heterocycles. The highest BCUT2D eigenvalue weighted by atomic mass is 127. The Hall–Kier alpha value is -0.540. The van der Waals surface area contributed by atoms with Crippen molar-refractivity contribution >= 4 is 41.7 Å². The summed E-state index contributed by atoms with van der Waals surface area (Å²) in [5.41, 5.74) is 1.74. The first-order valence-corrected chi connectivity index (χ1v) is 9.98. The molecule has 0 aromatic heterocycles. The number of rotatable bonds is 7. The molecule has 1 aliphatic rings. The van der Waals surface area contributed by atoms with Gasteiger partial charge in [-0.15, -0.1) is 24.0 Å². The van der Waals surface area contributed by atoms with Crippen LogP contribution in [0.25, 0.3) is 0 Å². The molecule has 2 N–H and O–H groups in total. The molecule has 1 heterocycles. The highest BCUT2D eigenvalue weighted by molar-refractivity contribution is 14.0. The van der Waals surface area contributed by atoms with Crippen molar-refractivity contribution in [1.29, 1.82) is 0 Å². The van der Waals surface area contributed by atoms with E-state index in [2.05, 4.69) is 29.5 Å². The van der Waals surface area contributed by atoms with Gasteiger partial charge in [0, 0.05) is 29.9 Å². The van der Waals surface area contributed by atoms with Gasteiger partial charge in [0.05, 0.1) is 6.54 Å². The fourth-order valence-electron chi connectivity index (χ4n) is 2.95. The van der Waals surface area contributed by atoms with Crippen LogP contribution in [0.15, 0.2) is 23.2 Å².